The zero-order valence-corrected chi connectivity index (χ0v) is 19.4. The number of nitrogens with one attached hydrogen (secondary N) is 1. The smallest absolute Gasteiger partial charge is 0.270 e. The third kappa shape index (κ3) is 4.58. The van der Waals surface area contributed by atoms with Gasteiger partial charge >= 0.3 is 0 Å². The lowest BCUT2D eigenvalue weighted by Gasteiger charge is -2.34. The lowest BCUT2D eigenvalue weighted by molar-refractivity contribution is 0.101. The number of benzene rings is 3. The van der Waals surface area contributed by atoms with Crippen molar-refractivity contribution in [2.75, 3.05) is 31.6 Å². The van der Waals surface area contributed by atoms with Gasteiger partial charge in [0.2, 0.25) is 10.0 Å². The molecule has 1 aliphatic rings. The van der Waals surface area contributed by atoms with E-state index in [9.17, 15) is 13.2 Å². The van der Waals surface area contributed by atoms with E-state index in [-0.39, 0.29) is 10.5 Å². The lowest BCUT2D eigenvalue weighted by atomic mass is 10.2. The molecule has 8 nitrogen and oxygen atoms in total. The van der Waals surface area contributed by atoms with Gasteiger partial charge in [-0.1, -0.05) is 48.5 Å². The average Bonchev–Trinajstić information content (AvgIpc) is 3.28. The van der Waals surface area contributed by atoms with Crippen LogP contribution >= 0.6 is 0 Å². The monoisotopic (exact) mass is 475 g/mol. The molecule has 1 fully saturated rings. The van der Waals surface area contributed by atoms with Crippen molar-refractivity contribution in [2.45, 2.75) is 11.4 Å². The summed E-state index contributed by atoms with van der Waals surface area (Å²) in [7, 11) is -3.70. The molecule has 34 heavy (non-hydrogen) atoms. The van der Waals surface area contributed by atoms with Crippen molar-refractivity contribution in [3.63, 3.8) is 0 Å². The fraction of sp³-hybridized carbons (Fsp3) is 0.200. The summed E-state index contributed by atoms with van der Waals surface area (Å²) in [6.07, 6.45) is 1.53. The molecule has 1 amide bonds. The van der Waals surface area contributed by atoms with Crippen LogP contribution < -0.4 is 5.43 Å². The van der Waals surface area contributed by atoms with Gasteiger partial charge in [0.05, 0.1) is 15.9 Å². The summed E-state index contributed by atoms with van der Waals surface area (Å²) < 4.78 is 29.6. The zero-order valence-electron chi connectivity index (χ0n) is 18.5. The number of hydrogen-bond donors (Lipinski definition) is 1. The molecular weight excluding hydrogens is 450 g/mol. The minimum absolute atomic E-state index is 0.118. The summed E-state index contributed by atoms with van der Waals surface area (Å²) in [5.41, 5.74) is 5.76. The highest BCUT2D eigenvalue weighted by Crippen LogP contribution is 2.20. The fourth-order valence-electron chi connectivity index (χ4n) is 4.14. The first-order valence-electron chi connectivity index (χ1n) is 11.1. The molecule has 0 unspecified atom stereocenters. The Morgan fingerprint density at radius 2 is 1.62 bits per heavy atom. The Hall–Kier alpha value is -3.53. The van der Waals surface area contributed by atoms with Crippen molar-refractivity contribution in [1.29, 1.82) is 0 Å². The van der Waals surface area contributed by atoms with Crippen molar-refractivity contribution in [1.82, 2.24) is 18.9 Å². The molecule has 1 aromatic heterocycles. The topological polar surface area (TPSA) is 87.5 Å². The van der Waals surface area contributed by atoms with E-state index < -0.39 is 15.9 Å². The molecule has 0 aliphatic carbocycles. The van der Waals surface area contributed by atoms with Gasteiger partial charge in [-0.3, -0.25) is 15.1 Å². The largest absolute Gasteiger partial charge is 0.296 e. The number of para-hydroxylation sites is 2. The molecule has 2 heterocycles. The van der Waals surface area contributed by atoms with Gasteiger partial charge in [0, 0.05) is 38.3 Å². The van der Waals surface area contributed by atoms with Crippen molar-refractivity contribution in [3.8, 4) is 0 Å². The molecule has 0 bridgehead atoms. The molecule has 5 rings (SSSR count). The summed E-state index contributed by atoms with van der Waals surface area (Å²) in [4.78, 5) is 19.5. The van der Waals surface area contributed by atoms with E-state index in [1.807, 2.05) is 42.5 Å². The highest BCUT2D eigenvalue weighted by atomic mass is 32.2. The molecule has 1 N–H and O–H groups in total. The second kappa shape index (κ2) is 9.38. The summed E-state index contributed by atoms with van der Waals surface area (Å²) in [6.45, 7) is 2.93. The van der Waals surface area contributed by atoms with Crippen molar-refractivity contribution in [2.24, 2.45) is 0 Å². The van der Waals surface area contributed by atoms with Gasteiger partial charge < -0.3 is 0 Å². The first-order chi connectivity index (χ1) is 16.5. The molecule has 9 heteroatoms. The Labute approximate surface area is 198 Å². The lowest BCUT2D eigenvalue weighted by Crippen LogP contribution is -2.48. The Morgan fingerprint density at radius 1 is 0.882 bits per heavy atom. The van der Waals surface area contributed by atoms with Crippen LogP contribution in [0.15, 0.2) is 90.1 Å². The van der Waals surface area contributed by atoms with Crippen molar-refractivity contribution in [3.05, 3.63) is 96.3 Å². The Kier molecular flexibility index (Phi) is 6.14. The fourth-order valence-corrected chi connectivity index (χ4v) is 5.61. The SMILES string of the molecule is O=C(Nn1cnc2ccccc21)c1cccc(S(=O)(=O)N2CCN(Cc3ccccc3)CC2)c1. The molecule has 0 radical (unpaired) electrons. The molecule has 1 aliphatic heterocycles. The van der Waals surface area contributed by atoms with Gasteiger partial charge in [0.1, 0.15) is 6.33 Å². The normalized spacial score (nSPS) is 15.4. The predicted octanol–water partition coefficient (Wildman–Crippen LogP) is 2.93. The van der Waals surface area contributed by atoms with Gasteiger partial charge in [-0.15, -0.1) is 0 Å². The summed E-state index contributed by atoms with van der Waals surface area (Å²) in [5.74, 6) is -0.409. The molecule has 0 spiro atoms. The van der Waals surface area contributed by atoms with E-state index in [0.717, 1.165) is 17.6 Å². The van der Waals surface area contributed by atoms with Gasteiger partial charge in [0.15, 0.2) is 0 Å². The number of imidazole rings is 1. The standard InChI is InChI=1S/C25H25N5O3S/c31-25(27-30-19-26-23-11-4-5-12-24(23)30)21-9-6-10-22(17-21)34(32,33)29-15-13-28(14-16-29)18-20-7-2-1-3-8-20/h1-12,17,19H,13-16,18H2,(H,27,31). The average molecular weight is 476 g/mol. The number of fused-ring (bicyclic) bond motifs is 1. The first-order valence-corrected chi connectivity index (χ1v) is 12.5. The van der Waals surface area contributed by atoms with Crippen molar-refractivity contribution >= 4 is 27.0 Å². The van der Waals surface area contributed by atoms with Crippen LogP contribution in [0.3, 0.4) is 0 Å². The number of amides is 1. The van der Waals surface area contributed by atoms with Gasteiger partial charge in [-0.05, 0) is 35.9 Å². The second-order valence-corrected chi connectivity index (χ2v) is 10.2. The van der Waals surface area contributed by atoms with Crippen LogP contribution in [0.1, 0.15) is 15.9 Å². The maximum Gasteiger partial charge on any atom is 0.270 e. The molecule has 3 aromatic carbocycles. The first kappa shape index (κ1) is 22.3. The molecule has 0 atom stereocenters. The van der Waals surface area contributed by atoms with Crippen molar-refractivity contribution < 1.29 is 13.2 Å². The van der Waals surface area contributed by atoms with E-state index in [4.69, 9.17) is 0 Å². The highest BCUT2D eigenvalue weighted by Gasteiger charge is 2.29. The summed E-state index contributed by atoms with van der Waals surface area (Å²) in [6, 6.07) is 23.8. The number of piperazine rings is 1. The number of sulfonamides is 1. The third-order valence-corrected chi connectivity index (χ3v) is 7.88. The van der Waals surface area contributed by atoms with Crippen LogP contribution in [0.2, 0.25) is 0 Å². The van der Waals surface area contributed by atoms with Crippen LogP contribution in [0.4, 0.5) is 0 Å². The number of hydrogen-bond acceptors (Lipinski definition) is 5. The minimum Gasteiger partial charge on any atom is -0.296 e. The highest BCUT2D eigenvalue weighted by molar-refractivity contribution is 7.89. The van der Waals surface area contributed by atoms with E-state index in [2.05, 4.69) is 27.4 Å². The van der Waals surface area contributed by atoms with E-state index in [1.165, 1.54) is 33.0 Å². The number of carbonyl (C=O) groups excluding carboxylic acids is 1. The number of nitrogens with zero attached hydrogens (tertiary/aromatic N) is 4. The Balaban J connectivity index is 1.27. The van der Waals surface area contributed by atoms with Gasteiger partial charge in [-0.2, -0.15) is 4.31 Å². The van der Waals surface area contributed by atoms with Crippen LogP contribution in [0.5, 0.6) is 0 Å². The molecular formula is C25H25N5O3S. The van der Waals surface area contributed by atoms with Gasteiger partial charge in [-0.25, -0.2) is 18.1 Å². The molecule has 0 saturated carbocycles. The van der Waals surface area contributed by atoms with E-state index in [0.29, 0.717) is 26.2 Å². The Bertz CT molecular complexity index is 1410. The zero-order chi connectivity index (χ0) is 23.5. The summed E-state index contributed by atoms with van der Waals surface area (Å²) in [5, 5.41) is 0. The van der Waals surface area contributed by atoms with Crippen LogP contribution in [-0.4, -0.2) is 59.4 Å². The molecule has 1 saturated heterocycles. The predicted molar refractivity (Wildman–Crippen MR) is 130 cm³/mol. The van der Waals surface area contributed by atoms with Crippen LogP contribution in [0.25, 0.3) is 11.0 Å². The Morgan fingerprint density at radius 3 is 2.41 bits per heavy atom. The van der Waals surface area contributed by atoms with Crippen LogP contribution in [0, 0.1) is 0 Å². The van der Waals surface area contributed by atoms with E-state index >= 15 is 0 Å². The van der Waals surface area contributed by atoms with E-state index in [1.54, 1.807) is 12.1 Å². The minimum atomic E-state index is -3.70. The van der Waals surface area contributed by atoms with Crippen LogP contribution in [-0.2, 0) is 16.6 Å². The number of rotatable bonds is 6. The maximum absolute atomic E-state index is 13.3. The second-order valence-electron chi connectivity index (χ2n) is 8.24. The number of carbonyl (C=O) groups is 1. The molecule has 174 valence electrons. The molecule has 4 aromatic rings. The van der Waals surface area contributed by atoms with Gasteiger partial charge in [0.25, 0.3) is 5.91 Å². The number of aromatic nitrogens is 2. The summed E-state index contributed by atoms with van der Waals surface area (Å²) >= 11 is 0. The maximum atomic E-state index is 13.3. The third-order valence-electron chi connectivity index (χ3n) is 5.99. The quantitative estimate of drug-likeness (QED) is 0.463.